The molecule has 4 amide bonds. The molecule has 1 aromatic rings. The molecule has 3 rings (SSSR count). The molecule has 1 aromatic carbocycles. The van der Waals surface area contributed by atoms with Crippen LogP contribution >= 0.6 is 0 Å². The molecule has 2 fully saturated rings. The highest BCUT2D eigenvalue weighted by molar-refractivity contribution is 6.07. The average molecular weight is 345 g/mol. The number of rotatable bonds is 7. The fourth-order valence-corrected chi connectivity index (χ4v) is 3.42. The number of nitrogens with zero attached hydrogens (tertiary/aromatic N) is 1. The third-order valence-electron chi connectivity index (χ3n) is 4.76. The van der Waals surface area contributed by atoms with E-state index in [1.807, 2.05) is 30.3 Å². The summed E-state index contributed by atoms with van der Waals surface area (Å²) in [4.78, 5) is 42.7. The SMILES string of the molecule is O=C(CCCN1C(=O)NC2(CCCC2)C1=O)NOCc1ccccc1. The number of hydroxylamine groups is 1. The van der Waals surface area contributed by atoms with Gasteiger partial charge in [-0.1, -0.05) is 43.2 Å². The molecule has 1 aliphatic heterocycles. The van der Waals surface area contributed by atoms with Crippen LogP contribution in [0.5, 0.6) is 0 Å². The topological polar surface area (TPSA) is 87.7 Å². The average Bonchev–Trinajstić information content (AvgIpc) is 3.16. The minimum absolute atomic E-state index is 0.143. The molecule has 2 aliphatic rings. The van der Waals surface area contributed by atoms with Crippen molar-refractivity contribution in [2.45, 2.75) is 50.7 Å². The number of urea groups is 1. The van der Waals surface area contributed by atoms with Crippen molar-refractivity contribution >= 4 is 17.8 Å². The highest BCUT2D eigenvalue weighted by Crippen LogP contribution is 2.35. The molecule has 0 radical (unpaired) electrons. The van der Waals surface area contributed by atoms with Crippen molar-refractivity contribution < 1.29 is 19.2 Å². The maximum Gasteiger partial charge on any atom is 0.325 e. The van der Waals surface area contributed by atoms with Crippen LogP contribution in [0.4, 0.5) is 4.79 Å². The number of nitrogens with one attached hydrogen (secondary N) is 2. The van der Waals surface area contributed by atoms with Crippen molar-refractivity contribution in [3.05, 3.63) is 35.9 Å². The Morgan fingerprint density at radius 1 is 1.20 bits per heavy atom. The van der Waals surface area contributed by atoms with Gasteiger partial charge in [0, 0.05) is 13.0 Å². The van der Waals surface area contributed by atoms with Crippen LogP contribution in [0, 0.1) is 0 Å². The van der Waals surface area contributed by atoms with Gasteiger partial charge in [-0.2, -0.15) is 0 Å². The lowest BCUT2D eigenvalue weighted by Gasteiger charge is -2.19. The second-order valence-corrected chi connectivity index (χ2v) is 6.58. The molecule has 2 N–H and O–H groups in total. The van der Waals surface area contributed by atoms with Crippen LogP contribution in [0.25, 0.3) is 0 Å². The largest absolute Gasteiger partial charge is 0.325 e. The van der Waals surface area contributed by atoms with Gasteiger partial charge >= 0.3 is 6.03 Å². The summed E-state index contributed by atoms with van der Waals surface area (Å²) < 4.78 is 0. The molecule has 0 bridgehead atoms. The van der Waals surface area contributed by atoms with E-state index in [1.165, 1.54) is 4.90 Å². The Hall–Kier alpha value is -2.41. The predicted molar refractivity (Wildman–Crippen MR) is 90.1 cm³/mol. The van der Waals surface area contributed by atoms with E-state index >= 15 is 0 Å². The van der Waals surface area contributed by atoms with E-state index in [2.05, 4.69) is 10.8 Å². The van der Waals surface area contributed by atoms with E-state index < -0.39 is 5.54 Å². The summed E-state index contributed by atoms with van der Waals surface area (Å²) in [5.74, 6) is -0.408. The van der Waals surface area contributed by atoms with Gasteiger partial charge < -0.3 is 5.32 Å². The van der Waals surface area contributed by atoms with Gasteiger partial charge in [0.2, 0.25) is 5.91 Å². The highest BCUT2D eigenvalue weighted by Gasteiger charge is 2.51. The zero-order chi connectivity index (χ0) is 17.7. The minimum atomic E-state index is -0.682. The molecule has 1 heterocycles. The Bertz CT molecular complexity index is 641. The van der Waals surface area contributed by atoms with Gasteiger partial charge in [-0.3, -0.25) is 19.3 Å². The van der Waals surface area contributed by atoms with Crippen LogP contribution in [-0.4, -0.2) is 34.8 Å². The molecule has 25 heavy (non-hydrogen) atoms. The molecule has 1 saturated heterocycles. The van der Waals surface area contributed by atoms with Crippen LogP contribution in [-0.2, 0) is 21.0 Å². The number of amides is 4. The smallest absolute Gasteiger partial charge is 0.323 e. The van der Waals surface area contributed by atoms with Crippen LogP contribution in [0.3, 0.4) is 0 Å². The normalized spacial score (nSPS) is 18.6. The lowest BCUT2D eigenvalue weighted by atomic mass is 9.98. The van der Waals surface area contributed by atoms with Crippen LogP contribution in [0.15, 0.2) is 30.3 Å². The molecular formula is C18H23N3O4. The van der Waals surface area contributed by atoms with Crippen molar-refractivity contribution in [2.75, 3.05) is 6.54 Å². The summed E-state index contributed by atoms with van der Waals surface area (Å²) in [5, 5.41) is 2.83. The monoisotopic (exact) mass is 345 g/mol. The maximum absolute atomic E-state index is 12.5. The Kier molecular flexibility index (Phi) is 5.33. The Morgan fingerprint density at radius 3 is 2.64 bits per heavy atom. The van der Waals surface area contributed by atoms with E-state index in [0.717, 1.165) is 18.4 Å². The highest BCUT2D eigenvalue weighted by atomic mass is 16.6. The molecule has 0 aromatic heterocycles. The number of imide groups is 1. The summed E-state index contributed by atoms with van der Waals surface area (Å²) >= 11 is 0. The number of carbonyl (C=O) groups excluding carboxylic acids is 3. The number of benzene rings is 1. The van der Waals surface area contributed by atoms with Crippen molar-refractivity contribution in [3.63, 3.8) is 0 Å². The van der Waals surface area contributed by atoms with Crippen LogP contribution in [0.1, 0.15) is 44.1 Å². The number of hydrogen-bond donors (Lipinski definition) is 2. The molecular weight excluding hydrogens is 322 g/mol. The Morgan fingerprint density at radius 2 is 1.92 bits per heavy atom. The lowest BCUT2D eigenvalue weighted by molar-refractivity contribution is -0.135. The first kappa shape index (κ1) is 17.4. The van der Waals surface area contributed by atoms with Crippen LogP contribution < -0.4 is 10.8 Å². The maximum atomic E-state index is 12.5. The van der Waals surface area contributed by atoms with Crippen molar-refractivity contribution in [3.8, 4) is 0 Å². The molecule has 0 unspecified atom stereocenters. The quantitative estimate of drug-likeness (QED) is 0.583. The van der Waals surface area contributed by atoms with Gasteiger partial charge in [-0.25, -0.2) is 10.3 Å². The van der Waals surface area contributed by atoms with Crippen molar-refractivity contribution in [1.82, 2.24) is 15.7 Å². The van der Waals surface area contributed by atoms with Gasteiger partial charge in [0.25, 0.3) is 5.91 Å². The summed E-state index contributed by atoms with van der Waals surface area (Å²) in [5.41, 5.74) is 2.66. The molecule has 7 heteroatoms. The van der Waals surface area contributed by atoms with Gasteiger partial charge in [0.05, 0.1) is 6.61 Å². The molecule has 134 valence electrons. The second kappa shape index (κ2) is 7.65. The number of hydrogen-bond acceptors (Lipinski definition) is 4. The van der Waals surface area contributed by atoms with E-state index in [0.29, 0.717) is 25.9 Å². The second-order valence-electron chi connectivity index (χ2n) is 6.58. The standard InChI is InChI=1S/C18H23N3O4/c22-15(20-25-13-14-7-2-1-3-8-14)9-6-12-21-16(23)18(19-17(21)24)10-4-5-11-18/h1-3,7-8H,4-6,9-13H2,(H,19,24)(H,20,22). The van der Waals surface area contributed by atoms with E-state index in [4.69, 9.17) is 4.84 Å². The minimum Gasteiger partial charge on any atom is -0.323 e. The third kappa shape index (κ3) is 3.99. The number of carbonyl (C=O) groups is 3. The van der Waals surface area contributed by atoms with Gasteiger partial charge in [-0.15, -0.1) is 0 Å². The zero-order valence-electron chi connectivity index (χ0n) is 14.1. The fraction of sp³-hybridized carbons (Fsp3) is 0.500. The summed E-state index contributed by atoms with van der Waals surface area (Å²) in [6, 6.07) is 9.18. The molecule has 7 nitrogen and oxygen atoms in total. The first-order valence-corrected chi connectivity index (χ1v) is 8.69. The molecule has 1 aliphatic carbocycles. The van der Waals surface area contributed by atoms with Crippen molar-refractivity contribution in [2.24, 2.45) is 0 Å². The third-order valence-corrected chi connectivity index (χ3v) is 4.76. The first-order chi connectivity index (χ1) is 12.1. The molecule has 1 saturated carbocycles. The summed E-state index contributed by atoms with van der Waals surface area (Å²) in [7, 11) is 0. The molecule has 1 spiro atoms. The van der Waals surface area contributed by atoms with E-state index in [-0.39, 0.29) is 30.8 Å². The van der Waals surface area contributed by atoms with E-state index in [1.54, 1.807) is 0 Å². The zero-order valence-corrected chi connectivity index (χ0v) is 14.1. The van der Waals surface area contributed by atoms with Crippen LogP contribution in [0.2, 0.25) is 0 Å². The van der Waals surface area contributed by atoms with Gasteiger partial charge in [-0.05, 0) is 24.8 Å². The van der Waals surface area contributed by atoms with E-state index in [9.17, 15) is 14.4 Å². The molecule has 0 atom stereocenters. The Labute approximate surface area is 146 Å². The Balaban J connectivity index is 1.37. The predicted octanol–water partition coefficient (Wildman–Crippen LogP) is 1.88. The summed E-state index contributed by atoms with van der Waals surface area (Å²) in [6.45, 7) is 0.542. The lowest BCUT2D eigenvalue weighted by Crippen LogP contribution is -2.44. The first-order valence-electron chi connectivity index (χ1n) is 8.69. The fourth-order valence-electron chi connectivity index (χ4n) is 3.42. The van der Waals surface area contributed by atoms with Crippen molar-refractivity contribution in [1.29, 1.82) is 0 Å². The van der Waals surface area contributed by atoms with Gasteiger partial charge in [0.1, 0.15) is 5.54 Å². The summed E-state index contributed by atoms with van der Waals surface area (Å²) in [6.07, 6.45) is 3.94. The van der Waals surface area contributed by atoms with Gasteiger partial charge in [0.15, 0.2) is 0 Å².